The molecule has 2 aliphatic rings. The molecular weight excluding hydrogens is 580 g/mol. The molecule has 1 aliphatic carbocycles. The van der Waals surface area contributed by atoms with Gasteiger partial charge in [0.05, 0.1) is 26.1 Å². The third kappa shape index (κ3) is 5.81. The lowest BCUT2D eigenvalue weighted by molar-refractivity contribution is -0.153. The lowest BCUT2D eigenvalue weighted by atomic mass is 9.92. The molecule has 2 aromatic rings. The molecule has 39 heavy (non-hydrogen) atoms. The molecule has 1 aliphatic heterocycles. The normalized spacial score (nSPS) is 21.1. The van der Waals surface area contributed by atoms with Gasteiger partial charge in [-0.25, -0.2) is 13.2 Å². The fourth-order valence-corrected chi connectivity index (χ4v) is 6.88. The third-order valence-corrected chi connectivity index (χ3v) is 9.37. The average molecular weight is 600 g/mol. The summed E-state index contributed by atoms with van der Waals surface area (Å²) in [5.74, 6) is -2.64. The van der Waals surface area contributed by atoms with E-state index < -0.39 is 85.8 Å². The Morgan fingerprint density at radius 2 is 1.74 bits per heavy atom. The van der Waals surface area contributed by atoms with Crippen LogP contribution in [0.25, 0.3) is 0 Å². The summed E-state index contributed by atoms with van der Waals surface area (Å²) in [6, 6.07) is 5.33. The van der Waals surface area contributed by atoms with Gasteiger partial charge in [-0.3, -0.25) is 4.79 Å². The largest absolute Gasteiger partial charge is 0.484 e. The Kier molecular flexibility index (Phi) is 7.34. The topological polar surface area (TPSA) is 101 Å². The highest BCUT2D eigenvalue weighted by molar-refractivity contribution is 7.92. The van der Waals surface area contributed by atoms with E-state index in [9.17, 15) is 49.5 Å². The van der Waals surface area contributed by atoms with Crippen molar-refractivity contribution >= 4 is 33.3 Å². The van der Waals surface area contributed by atoms with E-state index in [4.69, 9.17) is 11.6 Å². The molecule has 1 saturated carbocycles. The number of hydrogen-bond donors (Lipinski definition) is 1. The number of alkyl halides is 6. The summed E-state index contributed by atoms with van der Waals surface area (Å²) in [5, 5.41) is 7.83. The second kappa shape index (κ2) is 9.88. The first-order valence-corrected chi connectivity index (χ1v) is 13.3. The Morgan fingerprint density at radius 1 is 1.08 bits per heavy atom. The van der Waals surface area contributed by atoms with Crippen LogP contribution in [-0.4, -0.2) is 60.9 Å². The zero-order valence-corrected chi connectivity index (χ0v) is 21.3. The first-order chi connectivity index (χ1) is 18.0. The van der Waals surface area contributed by atoms with Gasteiger partial charge >= 0.3 is 18.3 Å². The van der Waals surface area contributed by atoms with Crippen molar-refractivity contribution in [3.63, 3.8) is 0 Å². The minimum Gasteiger partial charge on any atom is -0.484 e. The van der Waals surface area contributed by atoms with Crippen molar-refractivity contribution in [1.82, 2.24) is 4.90 Å². The van der Waals surface area contributed by atoms with Gasteiger partial charge in [-0.15, -0.1) is 0 Å². The van der Waals surface area contributed by atoms with E-state index >= 15 is 0 Å². The molecule has 0 bridgehead atoms. The first kappa shape index (κ1) is 29.0. The Hall–Kier alpha value is -3.00. The van der Waals surface area contributed by atoms with Gasteiger partial charge < -0.3 is 14.7 Å². The predicted molar refractivity (Wildman–Crippen MR) is 124 cm³/mol. The Labute approximate surface area is 223 Å². The number of sulfone groups is 1. The van der Waals surface area contributed by atoms with Crippen LogP contribution in [0.3, 0.4) is 0 Å². The van der Waals surface area contributed by atoms with E-state index in [1.54, 1.807) is 0 Å². The van der Waals surface area contributed by atoms with Crippen LogP contribution in [0, 0.1) is 0 Å². The molecule has 2 fully saturated rings. The first-order valence-electron chi connectivity index (χ1n) is 11.4. The zero-order chi connectivity index (χ0) is 29.0. The number of nitrogens with zero attached hydrogens (tertiary/aromatic N) is 1. The molecule has 0 aromatic heterocycles. The monoisotopic (exact) mass is 599 g/mol. The smallest absolute Gasteiger partial charge is 0.422 e. The summed E-state index contributed by atoms with van der Waals surface area (Å²) in [6.45, 7) is -2.20. The van der Waals surface area contributed by atoms with Gasteiger partial charge in [0.2, 0.25) is 5.91 Å². The molecule has 1 heterocycles. The highest BCUT2D eigenvalue weighted by Crippen LogP contribution is 2.51. The molecule has 1 saturated heterocycles. The van der Waals surface area contributed by atoms with E-state index in [2.05, 4.69) is 4.74 Å². The lowest BCUT2D eigenvalue weighted by Gasteiger charge is -2.27. The summed E-state index contributed by atoms with van der Waals surface area (Å²) in [4.78, 5) is 25.9. The Morgan fingerprint density at radius 3 is 2.28 bits per heavy atom. The molecule has 2 atom stereocenters. The number of carboxylic acids is 1. The fraction of sp³-hybridized carbons (Fsp3) is 0.417. The van der Waals surface area contributed by atoms with Crippen molar-refractivity contribution < 1.29 is 54.2 Å². The van der Waals surface area contributed by atoms with Gasteiger partial charge in [0.1, 0.15) is 11.8 Å². The highest BCUT2D eigenvalue weighted by Gasteiger charge is 2.57. The number of amides is 1. The van der Waals surface area contributed by atoms with Crippen LogP contribution < -0.4 is 4.74 Å². The molecule has 212 valence electrons. The van der Waals surface area contributed by atoms with Crippen LogP contribution in [0.1, 0.15) is 30.4 Å². The van der Waals surface area contributed by atoms with Crippen molar-refractivity contribution in [1.29, 1.82) is 0 Å². The Balaban J connectivity index is 1.60. The number of carboxylic acid groups (broad SMARTS) is 1. The van der Waals surface area contributed by atoms with Gasteiger partial charge in [-0.2, -0.15) is 26.3 Å². The minimum absolute atomic E-state index is 0.0512. The summed E-state index contributed by atoms with van der Waals surface area (Å²) < 4.78 is 108. The number of carbonyl (C=O) groups is 2. The van der Waals surface area contributed by atoms with Gasteiger partial charge in [-0.05, 0) is 43.0 Å². The van der Waals surface area contributed by atoms with Crippen molar-refractivity contribution in [3.8, 4) is 5.75 Å². The second-order valence-electron chi connectivity index (χ2n) is 9.37. The van der Waals surface area contributed by atoms with Gasteiger partial charge in [0.25, 0.3) is 0 Å². The fourth-order valence-electron chi connectivity index (χ4n) is 4.65. The molecule has 1 amide bonds. The van der Waals surface area contributed by atoms with Crippen molar-refractivity contribution in [3.05, 3.63) is 58.6 Å². The van der Waals surface area contributed by atoms with E-state index in [1.807, 2.05) is 0 Å². The quantitative estimate of drug-likeness (QED) is 0.456. The van der Waals surface area contributed by atoms with Crippen molar-refractivity contribution in [2.24, 2.45) is 0 Å². The number of ether oxygens (including phenoxy) is 1. The van der Waals surface area contributed by atoms with Gasteiger partial charge in [-0.1, -0.05) is 29.8 Å². The average Bonchev–Trinajstić information content (AvgIpc) is 3.51. The SMILES string of the molecule is O=C(O)[C@@H]1C[C@@H](S(=O)(=O)c2ccc(OCC(F)(F)F)cc2Cl)CN1C(=O)C1(c2cccc(C(F)(F)F)c2)CC1. The number of aliphatic carboxylic acids is 1. The summed E-state index contributed by atoms with van der Waals surface area (Å²) in [7, 11) is -4.39. The predicted octanol–water partition coefficient (Wildman–Crippen LogP) is 4.86. The van der Waals surface area contributed by atoms with Crippen LogP contribution in [0.5, 0.6) is 5.75 Å². The Bertz CT molecular complexity index is 1410. The molecule has 0 spiro atoms. The number of benzene rings is 2. The minimum atomic E-state index is -4.67. The maximum atomic E-state index is 13.5. The van der Waals surface area contributed by atoms with Crippen LogP contribution in [0.4, 0.5) is 26.3 Å². The van der Waals surface area contributed by atoms with E-state index in [1.165, 1.54) is 6.07 Å². The number of hydrogen-bond acceptors (Lipinski definition) is 5. The van der Waals surface area contributed by atoms with Gasteiger partial charge in [0.15, 0.2) is 16.4 Å². The lowest BCUT2D eigenvalue weighted by Crippen LogP contribution is -2.46. The van der Waals surface area contributed by atoms with Crippen LogP contribution in [0.15, 0.2) is 47.4 Å². The number of likely N-dealkylation sites (tertiary alicyclic amines) is 1. The molecular formula is C24H20ClF6NO6S. The van der Waals surface area contributed by atoms with Crippen molar-refractivity contribution in [2.75, 3.05) is 13.2 Å². The summed E-state index contributed by atoms with van der Waals surface area (Å²) in [5.41, 5.74) is -2.34. The maximum absolute atomic E-state index is 13.5. The molecule has 7 nitrogen and oxygen atoms in total. The van der Waals surface area contributed by atoms with Crippen LogP contribution >= 0.6 is 11.6 Å². The molecule has 0 unspecified atom stereocenters. The zero-order valence-electron chi connectivity index (χ0n) is 19.7. The molecule has 1 N–H and O–H groups in total. The summed E-state index contributed by atoms with van der Waals surface area (Å²) >= 11 is 6.03. The molecule has 15 heteroatoms. The van der Waals surface area contributed by atoms with E-state index in [0.29, 0.717) is 0 Å². The van der Waals surface area contributed by atoms with Crippen LogP contribution in [0.2, 0.25) is 5.02 Å². The summed E-state index contributed by atoms with van der Waals surface area (Å²) in [6.07, 6.45) is -9.53. The van der Waals surface area contributed by atoms with Gasteiger partial charge in [0, 0.05) is 12.6 Å². The second-order valence-corrected chi connectivity index (χ2v) is 12.0. The highest BCUT2D eigenvalue weighted by atomic mass is 35.5. The number of carbonyl (C=O) groups excluding carboxylic acids is 1. The third-order valence-electron chi connectivity index (χ3n) is 6.76. The maximum Gasteiger partial charge on any atom is 0.422 e. The molecule has 0 radical (unpaired) electrons. The number of halogens is 7. The molecule has 4 rings (SSSR count). The van der Waals surface area contributed by atoms with Crippen LogP contribution in [-0.2, 0) is 31.0 Å². The van der Waals surface area contributed by atoms with E-state index in [0.717, 1.165) is 41.3 Å². The van der Waals surface area contributed by atoms with E-state index in [-0.39, 0.29) is 24.2 Å². The molecule has 2 aromatic carbocycles. The standard InChI is InChI=1S/C24H20ClF6NO6S/c25-17-9-15(38-12-23(26,27)28)4-5-19(17)39(36,37)16-10-18(20(33)34)32(11-16)21(35)22(6-7-22)13-2-1-3-14(8-13)24(29,30)31/h1-5,8-9,16,18H,6-7,10-12H2,(H,33,34)/t16-,18+/m1/s1. The van der Waals surface area contributed by atoms with Crippen molar-refractivity contribution in [2.45, 2.75) is 53.2 Å². The number of rotatable bonds is 7.